The van der Waals surface area contributed by atoms with Crippen molar-refractivity contribution in [1.29, 1.82) is 0 Å². The van der Waals surface area contributed by atoms with Gasteiger partial charge in [0.05, 0.1) is 17.6 Å². The Morgan fingerprint density at radius 1 is 1.21 bits per heavy atom. The van der Waals surface area contributed by atoms with Crippen LogP contribution in [-0.4, -0.2) is 48.8 Å². The van der Waals surface area contributed by atoms with Crippen LogP contribution in [0.2, 0.25) is 0 Å². The minimum absolute atomic E-state index is 0.0185. The van der Waals surface area contributed by atoms with Gasteiger partial charge < -0.3 is 10.4 Å². The maximum absolute atomic E-state index is 12.8. The van der Waals surface area contributed by atoms with E-state index in [0.717, 1.165) is 42.8 Å². The highest BCUT2D eigenvalue weighted by molar-refractivity contribution is 7.17. The fourth-order valence-electron chi connectivity index (χ4n) is 3.93. The molecule has 0 atom stereocenters. The molecular weight excluding hydrogens is 388 g/mol. The zero-order chi connectivity index (χ0) is 20.0. The maximum atomic E-state index is 12.8. The number of aromatic nitrogens is 5. The average Bonchev–Trinajstić information content (AvgIpc) is 3.32. The first-order chi connectivity index (χ1) is 14.1. The Kier molecular flexibility index (Phi) is 4.65. The number of nitrogens with zero attached hydrogens (tertiary/aromatic N) is 5. The van der Waals surface area contributed by atoms with Gasteiger partial charge in [0, 0.05) is 29.3 Å². The third-order valence-corrected chi connectivity index (χ3v) is 6.54. The van der Waals surface area contributed by atoms with E-state index in [9.17, 15) is 9.90 Å². The van der Waals surface area contributed by atoms with E-state index >= 15 is 0 Å². The Bertz CT molecular complexity index is 1250. The van der Waals surface area contributed by atoms with Crippen molar-refractivity contribution in [1.82, 2.24) is 29.3 Å². The second-order valence-corrected chi connectivity index (χ2v) is 8.51. The van der Waals surface area contributed by atoms with Crippen LogP contribution < -0.4 is 10.9 Å². The van der Waals surface area contributed by atoms with Gasteiger partial charge >= 0.3 is 0 Å². The van der Waals surface area contributed by atoms with Gasteiger partial charge in [-0.25, -0.2) is 14.5 Å². The molecule has 0 spiro atoms. The molecule has 4 aromatic rings. The first-order valence-electron chi connectivity index (χ1n) is 9.83. The molecule has 0 amide bonds. The molecule has 9 heteroatoms. The lowest BCUT2D eigenvalue weighted by Gasteiger charge is -2.20. The number of hydrogen-bond acceptors (Lipinski definition) is 7. The summed E-state index contributed by atoms with van der Waals surface area (Å²) in [4.78, 5) is 23.9. The molecule has 5 rings (SSSR count). The van der Waals surface area contributed by atoms with E-state index in [0.29, 0.717) is 28.7 Å². The van der Waals surface area contributed by atoms with Crippen molar-refractivity contribution in [2.45, 2.75) is 32.1 Å². The number of piperidine rings is 1. The second kappa shape index (κ2) is 7.33. The lowest BCUT2D eigenvalue weighted by atomic mass is 9.97. The highest BCUT2D eigenvalue weighted by atomic mass is 32.1. The largest absolute Gasteiger partial charge is 0.396 e. The molecule has 5 heterocycles. The number of nitrogens with one attached hydrogen (secondary N) is 1. The normalized spacial score (nSPS) is 15.5. The Hall–Kier alpha value is -2.62. The number of thiazole rings is 1. The molecule has 150 valence electrons. The number of hydrogen-bond donors (Lipinski definition) is 2. The van der Waals surface area contributed by atoms with Crippen LogP contribution >= 0.6 is 11.3 Å². The van der Waals surface area contributed by atoms with Crippen molar-refractivity contribution in [2.24, 2.45) is 0 Å². The molecule has 2 N–H and O–H groups in total. The number of rotatable bonds is 4. The van der Waals surface area contributed by atoms with E-state index in [1.807, 2.05) is 25.4 Å². The van der Waals surface area contributed by atoms with E-state index in [2.05, 4.69) is 15.4 Å². The number of aliphatic hydroxyl groups is 1. The van der Waals surface area contributed by atoms with Crippen LogP contribution in [0.5, 0.6) is 0 Å². The molecule has 0 saturated carbocycles. The molecule has 4 aromatic heterocycles. The predicted molar refractivity (Wildman–Crippen MR) is 112 cm³/mol. The molecule has 1 saturated heterocycles. The highest BCUT2D eigenvalue weighted by Gasteiger charge is 2.19. The molecule has 0 bridgehead atoms. The summed E-state index contributed by atoms with van der Waals surface area (Å²) < 4.78 is 3.34. The molecule has 1 aliphatic rings. The Morgan fingerprint density at radius 2 is 2.03 bits per heavy atom. The van der Waals surface area contributed by atoms with Crippen molar-refractivity contribution in [2.75, 3.05) is 19.7 Å². The third kappa shape index (κ3) is 3.35. The van der Waals surface area contributed by atoms with Gasteiger partial charge in [-0.05, 0) is 51.3 Å². The van der Waals surface area contributed by atoms with E-state index in [-0.39, 0.29) is 12.2 Å². The lowest BCUT2D eigenvalue weighted by Crippen LogP contribution is -2.26. The third-order valence-electron chi connectivity index (χ3n) is 5.39. The summed E-state index contributed by atoms with van der Waals surface area (Å²) >= 11 is 1.59. The summed E-state index contributed by atoms with van der Waals surface area (Å²) in [6, 6.07) is 3.41. The first kappa shape index (κ1) is 18.4. The summed E-state index contributed by atoms with van der Waals surface area (Å²) in [6.45, 7) is 3.94. The number of aryl methyl sites for hydroxylation is 1. The van der Waals surface area contributed by atoms with Crippen LogP contribution in [0.15, 0.2) is 29.3 Å². The van der Waals surface area contributed by atoms with Gasteiger partial charge in [0.15, 0.2) is 10.6 Å². The smallest absolute Gasteiger partial charge is 0.259 e. The zero-order valence-electron chi connectivity index (χ0n) is 16.1. The maximum Gasteiger partial charge on any atom is 0.259 e. The van der Waals surface area contributed by atoms with Gasteiger partial charge in [-0.1, -0.05) is 0 Å². The molecule has 1 aliphatic heterocycles. The van der Waals surface area contributed by atoms with Gasteiger partial charge in [0.1, 0.15) is 5.69 Å². The standard InChI is InChI=1S/C20H22N6O2S/c1-12-10-26-19(22-12)14(4-7-27)8-16(24-26)15-9-18(28)25-11-17(29-20(25)23-15)13-2-5-21-6-3-13/h8-11,13,21,27H,2-7H2,1H3. The van der Waals surface area contributed by atoms with Crippen LogP contribution in [0.4, 0.5) is 0 Å². The van der Waals surface area contributed by atoms with Gasteiger partial charge in [0.2, 0.25) is 0 Å². The van der Waals surface area contributed by atoms with Crippen LogP contribution in [0.1, 0.15) is 34.9 Å². The van der Waals surface area contributed by atoms with E-state index < -0.39 is 0 Å². The van der Waals surface area contributed by atoms with Gasteiger partial charge in [-0.3, -0.25) is 9.20 Å². The van der Waals surface area contributed by atoms with Crippen LogP contribution in [0, 0.1) is 6.92 Å². The summed E-state index contributed by atoms with van der Waals surface area (Å²) in [5, 5.41) is 17.4. The molecule has 0 aliphatic carbocycles. The van der Waals surface area contributed by atoms with Crippen molar-refractivity contribution >= 4 is 21.9 Å². The average molecular weight is 411 g/mol. The van der Waals surface area contributed by atoms with E-state index in [4.69, 9.17) is 4.98 Å². The summed E-state index contributed by atoms with van der Waals surface area (Å²) in [7, 11) is 0. The fraction of sp³-hybridized carbons (Fsp3) is 0.400. The van der Waals surface area contributed by atoms with Gasteiger partial charge in [0.25, 0.3) is 5.56 Å². The summed E-state index contributed by atoms with van der Waals surface area (Å²) in [6.07, 6.45) is 6.41. The zero-order valence-corrected chi connectivity index (χ0v) is 16.9. The van der Waals surface area contributed by atoms with E-state index in [1.54, 1.807) is 20.3 Å². The summed E-state index contributed by atoms with van der Waals surface area (Å²) in [5.74, 6) is 0.477. The van der Waals surface area contributed by atoms with Crippen LogP contribution in [0.3, 0.4) is 0 Å². The molecule has 0 unspecified atom stereocenters. The molecule has 29 heavy (non-hydrogen) atoms. The quantitative estimate of drug-likeness (QED) is 0.532. The van der Waals surface area contributed by atoms with E-state index in [1.165, 1.54) is 10.9 Å². The molecule has 0 aromatic carbocycles. The Morgan fingerprint density at radius 3 is 2.83 bits per heavy atom. The second-order valence-electron chi connectivity index (χ2n) is 7.47. The van der Waals surface area contributed by atoms with Crippen molar-refractivity contribution in [3.63, 3.8) is 0 Å². The first-order valence-corrected chi connectivity index (χ1v) is 10.6. The Balaban J connectivity index is 1.62. The van der Waals surface area contributed by atoms with Crippen molar-refractivity contribution in [3.05, 3.63) is 51.0 Å². The molecular formula is C20H22N6O2S. The number of fused-ring (bicyclic) bond motifs is 2. The molecule has 8 nitrogen and oxygen atoms in total. The number of imidazole rings is 1. The topological polar surface area (TPSA) is 96.8 Å². The minimum Gasteiger partial charge on any atom is -0.396 e. The SMILES string of the molecule is Cc1cn2nc(-c3cc(=O)n4cc(C5CCNCC5)sc4n3)cc(CCO)c2n1. The fourth-order valence-corrected chi connectivity index (χ4v) is 5.09. The summed E-state index contributed by atoms with van der Waals surface area (Å²) in [5.41, 5.74) is 3.50. The molecule has 0 radical (unpaired) electrons. The lowest BCUT2D eigenvalue weighted by molar-refractivity contribution is 0.300. The monoisotopic (exact) mass is 410 g/mol. The Labute approximate surface area is 170 Å². The van der Waals surface area contributed by atoms with Crippen molar-refractivity contribution in [3.8, 4) is 11.4 Å². The van der Waals surface area contributed by atoms with Gasteiger partial charge in [-0.2, -0.15) is 5.10 Å². The van der Waals surface area contributed by atoms with Crippen molar-refractivity contribution < 1.29 is 5.11 Å². The predicted octanol–water partition coefficient (Wildman–Crippen LogP) is 1.78. The van der Waals surface area contributed by atoms with Crippen LogP contribution in [0.25, 0.3) is 22.0 Å². The highest BCUT2D eigenvalue weighted by Crippen LogP contribution is 2.31. The van der Waals surface area contributed by atoms with Gasteiger partial charge in [-0.15, -0.1) is 11.3 Å². The molecule has 1 fully saturated rings. The van der Waals surface area contributed by atoms with Crippen LogP contribution in [-0.2, 0) is 6.42 Å². The number of aliphatic hydroxyl groups excluding tert-OH is 1. The minimum atomic E-state index is -0.103.